The molecule has 1 aliphatic heterocycles. The van der Waals surface area contributed by atoms with Gasteiger partial charge in [-0.3, -0.25) is 9.69 Å². The fourth-order valence-corrected chi connectivity index (χ4v) is 2.83. The zero-order valence-corrected chi connectivity index (χ0v) is 12.5. The maximum atomic E-state index is 12.2. The molecule has 0 bridgehead atoms. The molecule has 2 rings (SSSR count). The minimum absolute atomic E-state index is 0.194. The van der Waals surface area contributed by atoms with Gasteiger partial charge in [0.15, 0.2) is 5.78 Å². The van der Waals surface area contributed by atoms with Crippen LogP contribution >= 0.6 is 11.6 Å². The Labute approximate surface area is 120 Å². The Bertz CT molecular complexity index is 419. The van der Waals surface area contributed by atoms with Crippen molar-refractivity contribution in [3.05, 3.63) is 34.9 Å². The normalized spacial score (nSPS) is 17.9. The van der Waals surface area contributed by atoms with Gasteiger partial charge in [-0.1, -0.05) is 25.4 Å². The summed E-state index contributed by atoms with van der Waals surface area (Å²) in [5, 5.41) is 0.675. The molecule has 0 saturated carbocycles. The van der Waals surface area contributed by atoms with E-state index in [1.54, 1.807) is 12.1 Å². The minimum atomic E-state index is 0.194. The Balaban J connectivity index is 1.85. The molecule has 0 aromatic heterocycles. The number of halogens is 1. The molecule has 1 aromatic carbocycles. The van der Waals surface area contributed by atoms with Gasteiger partial charge in [-0.15, -0.1) is 0 Å². The molecule has 2 nitrogen and oxygen atoms in total. The van der Waals surface area contributed by atoms with Gasteiger partial charge in [0, 0.05) is 10.6 Å². The fraction of sp³-hybridized carbons (Fsp3) is 0.562. The number of benzene rings is 1. The second-order valence-corrected chi connectivity index (χ2v) is 6.22. The zero-order chi connectivity index (χ0) is 13.8. The number of rotatable bonds is 4. The third-order valence-electron chi connectivity index (χ3n) is 4.11. The van der Waals surface area contributed by atoms with Crippen molar-refractivity contribution in [1.29, 1.82) is 0 Å². The van der Waals surface area contributed by atoms with E-state index < -0.39 is 0 Å². The van der Waals surface area contributed by atoms with Gasteiger partial charge in [0.1, 0.15) is 0 Å². The smallest absolute Gasteiger partial charge is 0.176 e. The van der Waals surface area contributed by atoms with Gasteiger partial charge in [-0.05, 0) is 62.0 Å². The first-order valence-electron chi connectivity index (χ1n) is 7.07. The molecule has 0 spiro atoms. The lowest BCUT2D eigenvalue weighted by molar-refractivity contribution is 0.0880. The topological polar surface area (TPSA) is 20.3 Å². The van der Waals surface area contributed by atoms with Crippen molar-refractivity contribution in [2.24, 2.45) is 11.8 Å². The van der Waals surface area contributed by atoms with Crippen LogP contribution in [0.4, 0.5) is 0 Å². The molecule has 19 heavy (non-hydrogen) atoms. The van der Waals surface area contributed by atoms with Gasteiger partial charge in [0.2, 0.25) is 0 Å². The Morgan fingerprint density at radius 1 is 1.26 bits per heavy atom. The number of carbonyl (C=O) groups is 1. The lowest BCUT2D eigenvalue weighted by Gasteiger charge is -2.33. The maximum Gasteiger partial charge on any atom is 0.176 e. The molecular weight excluding hydrogens is 258 g/mol. The molecular formula is C16H22ClNO. The molecule has 0 N–H and O–H groups in total. The molecule has 1 fully saturated rings. The summed E-state index contributed by atoms with van der Waals surface area (Å²) < 4.78 is 0. The molecule has 104 valence electrons. The molecule has 1 saturated heterocycles. The first-order valence-corrected chi connectivity index (χ1v) is 7.45. The second-order valence-electron chi connectivity index (χ2n) is 5.79. The number of hydrogen-bond donors (Lipinski definition) is 0. The number of hydrogen-bond acceptors (Lipinski definition) is 2. The first kappa shape index (κ1) is 14.5. The van der Waals surface area contributed by atoms with E-state index in [4.69, 9.17) is 11.6 Å². The van der Waals surface area contributed by atoms with Gasteiger partial charge >= 0.3 is 0 Å². The van der Waals surface area contributed by atoms with Crippen molar-refractivity contribution in [2.75, 3.05) is 19.6 Å². The molecule has 1 aromatic rings. The van der Waals surface area contributed by atoms with Crippen molar-refractivity contribution in [3.63, 3.8) is 0 Å². The summed E-state index contributed by atoms with van der Waals surface area (Å²) in [4.78, 5) is 14.4. The fourth-order valence-electron chi connectivity index (χ4n) is 2.71. The molecule has 3 heteroatoms. The Kier molecular flexibility index (Phi) is 5.00. The third-order valence-corrected chi connectivity index (χ3v) is 4.36. The van der Waals surface area contributed by atoms with Crippen LogP contribution in [0, 0.1) is 11.8 Å². The predicted octanol–water partition coefficient (Wildman–Crippen LogP) is 3.89. The van der Waals surface area contributed by atoms with E-state index in [1.165, 1.54) is 12.8 Å². The van der Waals surface area contributed by atoms with Crippen LogP contribution in [0.25, 0.3) is 0 Å². The highest BCUT2D eigenvalue weighted by Crippen LogP contribution is 2.24. The van der Waals surface area contributed by atoms with Crippen molar-refractivity contribution >= 4 is 17.4 Å². The molecule has 0 amide bonds. The SMILES string of the molecule is CC(C)C1CCN(CC(=O)c2ccc(Cl)cc2)CC1. The van der Waals surface area contributed by atoms with Crippen LogP contribution in [-0.2, 0) is 0 Å². The molecule has 0 unspecified atom stereocenters. The van der Waals surface area contributed by atoms with Crippen LogP contribution in [0.5, 0.6) is 0 Å². The van der Waals surface area contributed by atoms with Gasteiger partial charge in [0.25, 0.3) is 0 Å². The summed E-state index contributed by atoms with van der Waals surface area (Å²) in [6, 6.07) is 7.18. The maximum absolute atomic E-state index is 12.2. The average molecular weight is 280 g/mol. The summed E-state index contributed by atoms with van der Waals surface area (Å²) in [6.07, 6.45) is 2.43. The highest BCUT2D eigenvalue weighted by molar-refractivity contribution is 6.30. The van der Waals surface area contributed by atoms with Crippen LogP contribution in [0.2, 0.25) is 5.02 Å². The Hall–Kier alpha value is -0.860. The molecule has 1 heterocycles. The lowest BCUT2D eigenvalue weighted by atomic mass is 9.86. The van der Waals surface area contributed by atoms with E-state index in [0.29, 0.717) is 11.6 Å². The van der Waals surface area contributed by atoms with Crippen LogP contribution < -0.4 is 0 Å². The highest BCUT2D eigenvalue weighted by Gasteiger charge is 2.22. The van der Waals surface area contributed by atoms with Crippen LogP contribution in [-0.4, -0.2) is 30.3 Å². The van der Waals surface area contributed by atoms with Gasteiger partial charge in [-0.25, -0.2) is 0 Å². The highest BCUT2D eigenvalue weighted by atomic mass is 35.5. The monoisotopic (exact) mass is 279 g/mol. The first-order chi connectivity index (χ1) is 9.06. The summed E-state index contributed by atoms with van der Waals surface area (Å²) in [5.41, 5.74) is 0.760. The van der Waals surface area contributed by atoms with E-state index in [1.807, 2.05) is 12.1 Å². The van der Waals surface area contributed by atoms with Crippen LogP contribution in [0.1, 0.15) is 37.0 Å². The number of likely N-dealkylation sites (tertiary alicyclic amines) is 1. The predicted molar refractivity (Wildman–Crippen MR) is 79.8 cm³/mol. The number of carbonyl (C=O) groups excluding carboxylic acids is 1. The summed E-state index contributed by atoms with van der Waals surface area (Å²) >= 11 is 5.83. The lowest BCUT2D eigenvalue weighted by Crippen LogP contribution is -2.38. The summed E-state index contributed by atoms with van der Waals surface area (Å²) in [6.45, 7) is 7.20. The second kappa shape index (κ2) is 6.53. The molecule has 0 radical (unpaired) electrons. The zero-order valence-electron chi connectivity index (χ0n) is 11.7. The van der Waals surface area contributed by atoms with E-state index in [2.05, 4.69) is 18.7 Å². The average Bonchev–Trinajstić information content (AvgIpc) is 2.40. The van der Waals surface area contributed by atoms with Gasteiger partial charge in [-0.2, -0.15) is 0 Å². The van der Waals surface area contributed by atoms with Gasteiger partial charge in [0.05, 0.1) is 6.54 Å². The van der Waals surface area contributed by atoms with Crippen molar-refractivity contribution in [2.45, 2.75) is 26.7 Å². The number of piperidine rings is 1. The van der Waals surface area contributed by atoms with Crippen molar-refractivity contribution in [1.82, 2.24) is 4.90 Å². The van der Waals surface area contributed by atoms with Crippen molar-refractivity contribution in [3.8, 4) is 0 Å². The number of Topliss-reactive ketones (excluding diaryl/α,β-unsaturated/α-hetero) is 1. The minimum Gasteiger partial charge on any atom is -0.296 e. The van der Waals surface area contributed by atoms with E-state index >= 15 is 0 Å². The van der Waals surface area contributed by atoms with Gasteiger partial charge < -0.3 is 0 Å². The van der Waals surface area contributed by atoms with Crippen LogP contribution in [0.3, 0.4) is 0 Å². The molecule has 0 atom stereocenters. The number of ketones is 1. The third kappa shape index (κ3) is 4.05. The largest absolute Gasteiger partial charge is 0.296 e. The Morgan fingerprint density at radius 3 is 2.37 bits per heavy atom. The molecule has 1 aliphatic rings. The van der Waals surface area contributed by atoms with E-state index in [9.17, 15) is 4.79 Å². The number of nitrogens with zero attached hydrogens (tertiary/aromatic N) is 1. The quantitative estimate of drug-likeness (QED) is 0.780. The summed E-state index contributed by atoms with van der Waals surface area (Å²) in [5.74, 6) is 1.77. The standard InChI is InChI=1S/C16H22ClNO/c1-12(2)13-7-9-18(10-8-13)11-16(19)14-3-5-15(17)6-4-14/h3-6,12-13H,7-11H2,1-2H3. The van der Waals surface area contributed by atoms with E-state index in [-0.39, 0.29) is 5.78 Å². The Morgan fingerprint density at radius 2 is 1.84 bits per heavy atom. The summed E-state index contributed by atoms with van der Waals surface area (Å²) in [7, 11) is 0. The van der Waals surface area contributed by atoms with Crippen LogP contribution in [0.15, 0.2) is 24.3 Å². The van der Waals surface area contributed by atoms with Crippen molar-refractivity contribution < 1.29 is 4.79 Å². The molecule has 0 aliphatic carbocycles. The van der Waals surface area contributed by atoms with E-state index in [0.717, 1.165) is 30.5 Å².